The summed E-state index contributed by atoms with van der Waals surface area (Å²) in [5.74, 6) is 0.252. The van der Waals surface area contributed by atoms with Crippen LogP contribution in [0.2, 0.25) is 0 Å². The Morgan fingerprint density at radius 2 is 1.47 bits per heavy atom. The van der Waals surface area contributed by atoms with Crippen molar-refractivity contribution in [3.8, 4) is 11.1 Å². The molecular weight excluding hydrogens is 546 g/mol. The van der Waals surface area contributed by atoms with E-state index in [4.69, 9.17) is 5.73 Å². The van der Waals surface area contributed by atoms with Gasteiger partial charge < -0.3 is 15.2 Å². The van der Waals surface area contributed by atoms with Gasteiger partial charge in [0, 0.05) is 45.2 Å². The van der Waals surface area contributed by atoms with E-state index in [1.54, 1.807) is 0 Å². The lowest BCUT2D eigenvalue weighted by molar-refractivity contribution is 0.494. The van der Waals surface area contributed by atoms with E-state index in [1.165, 1.54) is 55.4 Å². The Bertz CT molecular complexity index is 2030. The van der Waals surface area contributed by atoms with Crippen LogP contribution in [0.1, 0.15) is 70.5 Å². The van der Waals surface area contributed by atoms with E-state index < -0.39 is 0 Å². The molecule has 0 aliphatic carbocycles. The molecule has 2 atom stereocenters. The molecule has 0 fully saturated rings. The maximum Gasteiger partial charge on any atom is 0.0562 e. The Kier molecular flexibility index (Phi) is 7.28. The molecule has 7 rings (SSSR count). The highest BCUT2D eigenvalue weighted by molar-refractivity contribution is 6.18. The van der Waals surface area contributed by atoms with Crippen molar-refractivity contribution in [2.45, 2.75) is 64.8 Å². The van der Waals surface area contributed by atoms with Gasteiger partial charge in [-0.25, -0.2) is 0 Å². The number of allylic oxidation sites excluding steroid dienone is 2. The SMILES string of the molecule is CC/C(N)=C\C1c2ccc(N(c3ccccc3)c3ccc(C(C)(C)C)cc3-c3ccccc3)c3c4ccccc4n(c23)C1CC. The van der Waals surface area contributed by atoms with Crippen LogP contribution in [-0.4, -0.2) is 4.57 Å². The number of rotatable bonds is 7. The maximum atomic E-state index is 6.50. The van der Waals surface area contributed by atoms with E-state index in [1.807, 2.05) is 0 Å². The van der Waals surface area contributed by atoms with Crippen molar-refractivity contribution in [1.29, 1.82) is 0 Å². The maximum absolute atomic E-state index is 6.50. The molecule has 0 bridgehead atoms. The van der Waals surface area contributed by atoms with Crippen LogP contribution < -0.4 is 10.6 Å². The first-order chi connectivity index (χ1) is 21.8. The fraction of sp³-hybridized carbons (Fsp3) is 0.238. The van der Waals surface area contributed by atoms with E-state index >= 15 is 0 Å². The van der Waals surface area contributed by atoms with Gasteiger partial charge in [0.1, 0.15) is 0 Å². The molecule has 6 aromatic rings. The van der Waals surface area contributed by atoms with Crippen molar-refractivity contribution < 1.29 is 0 Å². The van der Waals surface area contributed by atoms with Gasteiger partial charge >= 0.3 is 0 Å². The summed E-state index contributed by atoms with van der Waals surface area (Å²) in [6.45, 7) is 11.3. The quantitative estimate of drug-likeness (QED) is 0.201. The average molecular weight is 590 g/mol. The molecule has 1 aliphatic rings. The highest BCUT2D eigenvalue weighted by atomic mass is 15.2. The minimum atomic E-state index is 0.0265. The summed E-state index contributed by atoms with van der Waals surface area (Å²) in [5, 5.41) is 2.59. The number of nitrogens with two attached hydrogens (primary N) is 1. The molecule has 2 heterocycles. The summed E-state index contributed by atoms with van der Waals surface area (Å²) >= 11 is 0. The molecular formula is C42H43N3. The van der Waals surface area contributed by atoms with Gasteiger partial charge in [0.2, 0.25) is 0 Å². The van der Waals surface area contributed by atoms with Crippen LogP contribution in [0.3, 0.4) is 0 Å². The molecule has 3 nitrogen and oxygen atoms in total. The van der Waals surface area contributed by atoms with E-state index in [0.29, 0.717) is 6.04 Å². The number of para-hydroxylation sites is 2. The Morgan fingerprint density at radius 3 is 2.16 bits per heavy atom. The van der Waals surface area contributed by atoms with Gasteiger partial charge in [0.05, 0.1) is 16.9 Å². The molecule has 0 radical (unpaired) electrons. The van der Waals surface area contributed by atoms with Crippen LogP contribution in [0.25, 0.3) is 32.9 Å². The van der Waals surface area contributed by atoms with Gasteiger partial charge in [-0.05, 0) is 71.3 Å². The van der Waals surface area contributed by atoms with Crippen molar-refractivity contribution in [2.75, 3.05) is 4.90 Å². The van der Waals surface area contributed by atoms with Crippen LogP contribution in [0.5, 0.6) is 0 Å². The fourth-order valence-corrected chi connectivity index (χ4v) is 7.32. The van der Waals surface area contributed by atoms with Gasteiger partial charge in [0.25, 0.3) is 0 Å². The Labute approximate surface area is 267 Å². The van der Waals surface area contributed by atoms with Crippen molar-refractivity contribution in [2.24, 2.45) is 5.73 Å². The van der Waals surface area contributed by atoms with Crippen molar-refractivity contribution in [3.63, 3.8) is 0 Å². The van der Waals surface area contributed by atoms with Crippen molar-refractivity contribution in [1.82, 2.24) is 4.57 Å². The number of hydrogen-bond acceptors (Lipinski definition) is 2. The molecule has 45 heavy (non-hydrogen) atoms. The second kappa shape index (κ2) is 11.3. The monoisotopic (exact) mass is 589 g/mol. The van der Waals surface area contributed by atoms with Gasteiger partial charge in [-0.1, -0.05) is 120 Å². The molecule has 3 heteroatoms. The summed E-state index contributed by atoms with van der Waals surface area (Å²) in [7, 11) is 0. The van der Waals surface area contributed by atoms with Crippen LogP contribution in [0.15, 0.2) is 127 Å². The third-order valence-corrected chi connectivity index (χ3v) is 9.63. The molecule has 226 valence electrons. The van der Waals surface area contributed by atoms with Crippen molar-refractivity contribution >= 4 is 38.9 Å². The fourth-order valence-electron chi connectivity index (χ4n) is 7.32. The minimum absolute atomic E-state index is 0.0265. The molecule has 0 saturated carbocycles. The first kappa shape index (κ1) is 29.0. The lowest BCUT2D eigenvalue weighted by Crippen LogP contribution is -2.15. The Balaban J connectivity index is 1.58. The number of fused-ring (bicyclic) bond motifs is 3. The summed E-state index contributed by atoms with van der Waals surface area (Å²) in [6, 6.07) is 42.7. The molecule has 1 aromatic heterocycles. The smallest absolute Gasteiger partial charge is 0.0562 e. The number of anilines is 3. The minimum Gasteiger partial charge on any atom is -0.402 e. The predicted octanol–water partition coefficient (Wildman–Crippen LogP) is 11.5. The van der Waals surface area contributed by atoms with Gasteiger partial charge in [-0.2, -0.15) is 0 Å². The second-order valence-electron chi connectivity index (χ2n) is 13.4. The standard InChI is InChI=1S/C42H43N3/c1-6-30(43)27-35-32-23-25-39(40-33-20-14-15-21-37(33)45(41(32)40)36(35)7-2)44(31-18-12-9-13-19-31)38-24-22-29(42(3,4)5)26-34(38)28-16-10-8-11-17-28/h8-27,35-36H,6-7,43H2,1-5H3/b30-27+. The zero-order chi connectivity index (χ0) is 31.3. The summed E-state index contributed by atoms with van der Waals surface area (Å²) < 4.78 is 2.61. The first-order valence-electron chi connectivity index (χ1n) is 16.4. The molecule has 0 saturated heterocycles. The third kappa shape index (κ3) is 4.82. The largest absolute Gasteiger partial charge is 0.402 e. The van der Waals surface area contributed by atoms with E-state index in [2.05, 4.69) is 165 Å². The normalized spacial score (nSPS) is 16.5. The average Bonchev–Trinajstić information content (AvgIpc) is 3.57. The van der Waals surface area contributed by atoms with E-state index in [-0.39, 0.29) is 11.3 Å². The Morgan fingerprint density at radius 1 is 0.800 bits per heavy atom. The second-order valence-corrected chi connectivity index (χ2v) is 13.4. The predicted molar refractivity (Wildman–Crippen MR) is 193 cm³/mol. The molecule has 1 aliphatic heterocycles. The summed E-state index contributed by atoms with van der Waals surface area (Å²) in [4.78, 5) is 2.48. The topological polar surface area (TPSA) is 34.2 Å². The number of hydrogen-bond donors (Lipinski definition) is 1. The number of nitrogens with zero attached hydrogens (tertiary/aromatic N) is 2. The zero-order valence-electron chi connectivity index (χ0n) is 27.1. The molecule has 0 amide bonds. The van der Waals surface area contributed by atoms with Crippen LogP contribution in [-0.2, 0) is 5.41 Å². The van der Waals surface area contributed by atoms with Gasteiger partial charge in [-0.15, -0.1) is 0 Å². The van der Waals surface area contributed by atoms with E-state index in [9.17, 15) is 0 Å². The van der Waals surface area contributed by atoms with Crippen LogP contribution >= 0.6 is 0 Å². The van der Waals surface area contributed by atoms with E-state index in [0.717, 1.165) is 24.2 Å². The zero-order valence-corrected chi connectivity index (χ0v) is 27.1. The van der Waals surface area contributed by atoms with Crippen molar-refractivity contribution in [3.05, 3.63) is 138 Å². The number of aromatic nitrogens is 1. The highest BCUT2D eigenvalue weighted by Gasteiger charge is 2.36. The van der Waals surface area contributed by atoms with Crippen LogP contribution in [0, 0.1) is 0 Å². The molecule has 2 N–H and O–H groups in total. The van der Waals surface area contributed by atoms with Crippen LogP contribution in [0.4, 0.5) is 17.1 Å². The summed E-state index contributed by atoms with van der Waals surface area (Å²) in [5.41, 5.74) is 18.7. The van der Waals surface area contributed by atoms with Gasteiger partial charge in [-0.3, -0.25) is 0 Å². The first-order valence-corrected chi connectivity index (χ1v) is 16.4. The molecule has 5 aromatic carbocycles. The molecule has 2 unspecified atom stereocenters. The highest BCUT2D eigenvalue weighted by Crippen LogP contribution is 2.54. The third-order valence-electron chi connectivity index (χ3n) is 9.63. The Hall–Kier alpha value is -4.76. The van der Waals surface area contributed by atoms with Gasteiger partial charge in [0.15, 0.2) is 0 Å². The lowest BCUT2D eigenvalue weighted by Gasteiger charge is -2.30. The lowest BCUT2D eigenvalue weighted by atomic mass is 9.84. The number of benzene rings is 5. The summed E-state index contributed by atoms with van der Waals surface area (Å²) in [6.07, 6.45) is 4.21. The molecule has 0 spiro atoms.